The Labute approximate surface area is 170 Å². The fourth-order valence-corrected chi connectivity index (χ4v) is 2.76. The molecule has 29 heavy (non-hydrogen) atoms. The maximum Gasteiger partial charge on any atom is 0.342 e. The van der Waals surface area contributed by atoms with Crippen LogP contribution in [-0.4, -0.2) is 47.5 Å². The molecule has 2 N–H and O–H groups in total. The summed E-state index contributed by atoms with van der Waals surface area (Å²) < 4.78 is 5.05. The molecule has 154 valence electrons. The molecule has 2 aromatic rings. The third-order valence-electron chi connectivity index (χ3n) is 4.38. The van der Waals surface area contributed by atoms with Crippen molar-refractivity contribution in [2.75, 3.05) is 25.0 Å². The molecule has 0 fully saturated rings. The SMILES string of the molecule is CCCN(CC(=O)Nc1ccccc1C)C(=O)COC(=O)c1cccc(C)c1O. The van der Waals surface area contributed by atoms with Crippen LogP contribution in [0.4, 0.5) is 5.69 Å². The van der Waals surface area contributed by atoms with Crippen LogP contribution in [0.15, 0.2) is 42.5 Å². The number of aryl methyl sites for hydroxylation is 2. The first-order valence-electron chi connectivity index (χ1n) is 9.42. The predicted molar refractivity (Wildman–Crippen MR) is 110 cm³/mol. The van der Waals surface area contributed by atoms with Gasteiger partial charge in [0, 0.05) is 12.2 Å². The normalized spacial score (nSPS) is 10.3. The van der Waals surface area contributed by atoms with Gasteiger partial charge >= 0.3 is 5.97 Å². The topological polar surface area (TPSA) is 95.9 Å². The Morgan fingerprint density at radius 1 is 1.03 bits per heavy atom. The van der Waals surface area contributed by atoms with Crippen LogP contribution in [0.5, 0.6) is 5.75 Å². The van der Waals surface area contributed by atoms with Crippen molar-refractivity contribution in [3.8, 4) is 5.75 Å². The van der Waals surface area contributed by atoms with Crippen molar-refractivity contribution in [3.05, 3.63) is 59.2 Å². The molecule has 7 heteroatoms. The molecule has 0 aliphatic carbocycles. The average molecular weight is 398 g/mol. The van der Waals surface area contributed by atoms with Crippen LogP contribution in [0.25, 0.3) is 0 Å². The number of carbonyl (C=O) groups excluding carboxylic acids is 3. The van der Waals surface area contributed by atoms with Crippen molar-refractivity contribution < 1.29 is 24.2 Å². The quantitative estimate of drug-likeness (QED) is 0.667. The molecule has 0 unspecified atom stereocenters. The van der Waals surface area contributed by atoms with Crippen LogP contribution in [-0.2, 0) is 14.3 Å². The zero-order valence-corrected chi connectivity index (χ0v) is 16.9. The van der Waals surface area contributed by atoms with E-state index in [2.05, 4.69) is 5.32 Å². The minimum atomic E-state index is -0.791. The van der Waals surface area contributed by atoms with E-state index in [9.17, 15) is 19.5 Å². The summed E-state index contributed by atoms with van der Waals surface area (Å²) in [5.74, 6) is -1.77. The molecule has 0 atom stereocenters. The summed E-state index contributed by atoms with van der Waals surface area (Å²) in [6.45, 7) is 5.12. The summed E-state index contributed by atoms with van der Waals surface area (Å²) in [7, 11) is 0. The third kappa shape index (κ3) is 6.07. The number of ether oxygens (including phenoxy) is 1. The van der Waals surface area contributed by atoms with Crippen molar-refractivity contribution in [2.24, 2.45) is 0 Å². The molecule has 0 saturated carbocycles. The molecule has 0 spiro atoms. The van der Waals surface area contributed by atoms with Gasteiger partial charge in [-0.3, -0.25) is 9.59 Å². The molecular weight excluding hydrogens is 372 g/mol. The number of esters is 1. The van der Waals surface area contributed by atoms with E-state index in [1.54, 1.807) is 25.1 Å². The fourth-order valence-electron chi connectivity index (χ4n) is 2.76. The van der Waals surface area contributed by atoms with E-state index in [1.165, 1.54) is 11.0 Å². The van der Waals surface area contributed by atoms with Gasteiger partial charge < -0.3 is 20.1 Å². The molecule has 7 nitrogen and oxygen atoms in total. The van der Waals surface area contributed by atoms with Gasteiger partial charge in [0.15, 0.2) is 6.61 Å². The lowest BCUT2D eigenvalue weighted by Crippen LogP contribution is -2.40. The van der Waals surface area contributed by atoms with Gasteiger partial charge in [0.2, 0.25) is 5.91 Å². The molecule has 0 aliphatic heterocycles. The van der Waals surface area contributed by atoms with Gasteiger partial charge in [-0.1, -0.05) is 37.3 Å². The monoisotopic (exact) mass is 398 g/mol. The fraction of sp³-hybridized carbons (Fsp3) is 0.318. The number of phenols is 1. The maximum absolute atomic E-state index is 12.5. The number of hydrogen-bond acceptors (Lipinski definition) is 5. The molecular formula is C22H26N2O5. The Kier molecular flexibility index (Phi) is 7.77. The maximum atomic E-state index is 12.5. The smallest absolute Gasteiger partial charge is 0.342 e. The summed E-state index contributed by atoms with van der Waals surface area (Å²) >= 11 is 0. The number of aromatic hydroxyl groups is 1. The van der Waals surface area contributed by atoms with Gasteiger partial charge in [-0.05, 0) is 43.5 Å². The largest absolute Gasteiger partial charge is 0.507 e. The van der Waals surface area contributed by atoms with Crippen molar-refractivity contribution in [2.45, 2.75) is 27.2 Å². The van der Waals surface area contributed by atoms with E-state index in [-0.39, 0.29) is 23.8 Å². The zero-order chi connectivity index (χ0) is 21.4. The number of anilines is 1. The van der Waals surface area contributed by atoms with Crippen LogP contribution in [0.1, 0.15) is 34.8 Å². The Morgan fingerprint density at radius 2 is 1.72 bits per heavy atom. The first-order valence-corrected chi connectivity index (χ1v) is 9.42. The lowest BCUT2D eigenvalue weighted by Gasteiger charge is -2.21. The van der Waals surface area contributed by atoms with E-state index in [4.69, 9.17) is 4.74 Å². The Balaban J connectivity index is 1.96. The van der Waals surface area contributed by atoms with Crippen molar-refractivity contribution in [3.63, 3.8) is 0 Å². The Morgan fingerprint density at radius 3 is 2.41 bits per heavy atom. The highest BCUT2D eigenvalue weighted by atomic mass is 16.5. The second-order valence-corrected chi connectivity index (χ2v) is 6.73. The highest BCUT2D eigenvalue weighted by molar-refractivity contribution is 5.96. The van der Waals surface area contributed by atoms with E-state index in [0.29, 0.717) is 24.2 Å². The molecule has 0 saturated heterocycles. The summed E-state index contributed by atoms with van der Waals surface area (Å²) in [5, 5.41) is 12.7. The second kappa shape index (κ2) is 10.3. The number of phenolic OH excluding ortho intramolecular Hbond substituents is 1. The molecule has 2 rings (SSSR count). The van der Waals surface area contributed by atoms with E-state index in [0.717, 1.165) is 5.56 Å². The number of amides is 2. The average Bonchev–Trinajstić information content (AvgIpc) is 2.69. The van der Waals surface area contributed by atoms with E-state index < -0.39 is 18.5 Å². The lowest BCUT2D eigenvalue weighted by molar-refractivity contribution is -0.137. The summed E-state index contributed by atoms with van der Waals surface area (Å²) in [5.41, 5.74) is 2.13. The number of hydrogen-bond donors (Lipinski definition) is 2. The number of nitrogens with zero attached hydrogens (tertiary/aromatic N) is 1. The van der Waals surface area contributed by atoms with Crippen molar-refractivity contribution in [1.29, 1.82) is 0 Å². The predicted octanol–water partition coefficient (Wildman–Crippen LogP) is 3.04. The number of para-hydroxylation sites is 2. The van der Waals surface area contributed by atoms with Crippen LogP contribution < -0.4 is 5.32 Å². The number of rotatable bonds is 8. The molecule has 0 aromatic heterocycles. The minimum Gasteiger partial charge on any atom is -0.507 e. The third-order valence-corrected chi connectivity index (χ3v) is 4.38. The highest BCUT2D eigenvalue weighted by Gasteiger charge is 2.20. The van der Waals surface area contributed by atoms with Crippen LogP contribution in [0.2, 0.25) is 0 Å². The van der Waals surface area contributed by atoms with Crippen LogP contribution in [0, 0.1) is 13.8 Å². The summed E-state index contributed by atoms with van der Waals surface area (Å²) in [6, 6.07) is 12.1. The Bertz CT molecular complexity index is 895. The van der Waals surface area contributed by atoms with Gasteiger partial charge in [0.25, 0.3) is 5.91 Å². The van der Waals surface area contributed by atoms with Gasteiger partial charge in [-0.2, -0.15) is 0 Å². The summed E-state index contributed by atoms with van der Waals surface area (Å²) in [4.78, 5) is 38.3. The first kappa shape index (κ1) is 21.9. The summed E-state index contributed by atoms with van der Waals surface area (Å²) in [6.07, 6.45) is 0.649. The van der Waals surface area contributed by atoms with E-state index >= 15 is 0 Å². The van der Waals surface area contributed by atoms with Crippen molar-refractivity contribution in [1.82, 2.24) is 4.90 Å². The van der Waals surface area contributed by atoms with Crippen LogP contribution in [0.3, 0.4) is 0 Å². The molecule has 0 radical (unpaired) electrons. The number of benzene rings is 2. The van der Waals surface area contributed by atoms with Gasteiger partial charge in [-0.25, -0.2) is 4.79 Å². The zero-order valence-electron chi connectivity index (χ0n) is 16.9. The molecule has 0 bridgehead atoms. The molecule has 0 heterocycles. The molecule has 2 aromatic carbocycles. The highest BCUT2D eigenvalue weighted by Crippen LogP contribution is 2.22. The van der Waals surface area contributed by atoms with Gasteiger partial charge in [-0.15, -0.1) is 0 Å². The van der Waals surface area contributed by atoms with E-state index in [1.807, 2.05) is 32.0 Å². The van der Waals surface area contributed by atoms with Crippen LogP contribution >= 0.6 is 0 Å². The van der Waals surface area contributed by atoms with Crippen molar-refractivity contribution >= 4 is 23.5 Å². The Hall–Kier alpha value is -3.35. The van der Waals surface area contributed by atoms with Gasteiger partial charge in [0.1, 0.15) is 11.3 Å². The number of carbonyl (C=O) groups is 3. The minimum absolute atomic E-state index is 0.00265. The number of nitrogens with one attached hydrogen (secondary N) is 1. The molecule has 2 amide bonds. The first-order chi connectivity index (χ1) is 13.8. The second-order valence-electron chi connectivity index (χ2n) is 6.73. The molecule has 0 aliphatic rings. The van der Waals surface area contributed by atoms with Gasteiger partial charge in [0.05, 0.1) is 6.54 Å². The lowest BCUT2D eigenvalue weighted by atomic mass is 10.1. The standard InChI is InChI=1S/C22H26N2O5/c1-4-12-24(13-19(25)23-18-11-6-5-8-15(18)2)20(26)14-29-22(28)17-10-7-9-16(3)21(17)27/h5-11,27H,4,12-14H2,1-3H3,(H,23,25).